The molecule has 0 radical (unpaired) electrons. The summed E-state index contributed by atoms with van der Waals surface area (Å²) >= 11 is 0. The average molecular weight is 251 g/mol. The van der Waals surface area contributed by atoms with Gasteiger partial charge in [-0.3, -0.25) is 0 Å². The predicted molar refractivity (Wildman–Crippen MR) is 69.2 cm³/mol. The van der Waals surface area contributed by atoms with Gasteiger partial charge in [-0.05, 0) is 18.8 Å². The van der Waals surface area contributed by atoms with E-state index in [2.05, 4.69) is 9.72 Å². The molecule has 0 aromatic carbocycles. The zero-order valence-corrected chi connectivity index (χ0v) is 10.9. The normalized spacial score (nSPS) is 16.1. The number of hydrogen-bond donors (Lipinski definition) is 1. The molecule has 18 heavy (non-hydrogen) atoms. The third-order valence-electron chi connectivity index (χ3n) is 3.74. The Morgan fingerprint density at radius 2 is 2.28 bits per heavy atom. The van der Waals surface area contributed by atoms with Crippen molar-refractivity contribution in [3.8, 4) is 0 Å². The minimum atomic E-state index is -0.470. The molecule has 0 bridgehead atoms. The third-order valence-corrected chi connectivity index (χ3v) is 3.74. The lowest BCUT2D eigenvalue weighted by Crippen LogP contribution is -2.09. The van der Waals surface area contributed by atoms with Gasteiger partial charge in [0.25, 0.3) is 0 Å². The van der Waals surface area contributed by atoms with Crippen LogP contribution in [0, 0.1) is 5.92 Å². The molecule has 0 unspecified atom stereocenters. The molecule has 0 amide bonds. The van der Waals surface area contributed by atoms with Crippen molar-refractivity contribution < 1.29 is 9.53 Å². The van der Waals surface area contributed by atoms with Crippen LogP contribution in [0.2, 0.25) is 0 Å². The summed E-state index contributed by atoms with van der Waals surface area (Å²) in [6, 6.07) is 0. The van der Waals surface area contributed by atoms with E-state index >= 15 is 0 Å². The van der Waals surface area contributed by atoms with Crippen molar-refractivity contribution in [3.05, 3.63) is 12.0 Å². The van der Waals surface area contributed by atoms with E-state index in [0.29, 0.717) is 5.82 Å². The number of anilines is 1. The molecule has 0 spiro atoms. The Bertz CT molecular complexity index is 408. The number of carbonyl (C=O) groups is 1. The first-order valence-electron chi connectivity index (χ1n) is 6.61. The quantitative estimate of drug-likeness (QED) is 0.815. The first-order valence-corrected chi connectivity index (χ1v) is 6.61. The number of carbonyl (C=O) groups excluding carboxylic acids is 1. The molecule has 5 nitrogen and oxygen atoms in total. The summed E-state index contributed by atoms with van der Waals surface area (Å²) in [7, 11) is 1.33. The Morgan fingerprint density at radius 3 is 2.94 bits per heavy atom. The summed E-state index contributed by atoms with van der Waals surface area (Å²) in [6.45, 7) is 0.826. The molecule has 2 N–H and O–H groups in total. The topological polar surface area (TPSA) is 70.1 Å². The maximum atomic E-state index is 11.4. The van der Waals surface area contributed by atoms with Crippen LogP contribution in [-0.4, -0.2) is 22.6 Å². The summed E-state index contributed by atoms with van der Waals surface area (Å²) in [6.07, 6.45) is 9.45. The minimum Gasteiger partial charge on any atom is -0.464 e. The van der Waals surface area contributed by atoms with Crippen molar-refractivity contribution in [3.63, 3.8) is 0 Å². The van der Waals surface area contributed by atoms with Crippen molar-refractivity contribution in [1.82, 2.24) is 9.55 Å². The molecule has 1 aromatic rings. The van der Waals surface area contributed by atoms with E-state index in [-0.39, 0.29) is 5.69 Å². The number of ether oxygens (including phenoxy) is 1. The Labute approximate surface area is 107 Å². The number of nitrogen functional groups attached to an aromatic ring is 1. The molecule has 5 heteroatoms. The molecule has 0 atom stereocenters. The lowest BCUT2D eigenvalue weighted by Gasteiger charge is -2.09. The molecular weight excluding hydrogens is 230 g/mol. The molecule has 0 aliphatic heterocycles. The van der Waals surface area contributed by atoms with Crippen LogP contribution in [0.25, 0.3) is 0 Å². The second-order valence-corrected chi connectivity index (χ2v) is 4.96. The van der Waals surface area contributed by atoms with E-state index in [0.717, 1.165) is 18.9 Å². The Morgan fingerprint density at radius 1 is 1.56 bits per heavy atom. The minimum absolute atomic E-state index is 0.221. The van der Waals surface area contributed by atoms with Crippen LogP contribution < -0.4 is 5.73 Å². The molecule has 0 saturated heterocycles. The van der Waals surface area contributed by atoms with Gasteiger partial charge in [-0.25, -0.2) is 9.78 Å². The van der Waals surface area contributed by atoms with Crippen molar-refractivity contribution in [2.24, 2.45) is 5.92 Å². The zero-order valence-electron chi connectivity index (χ0n) is 10.9. The Hall–Kier alpha value is -1.52. The number of nitrogens with two attached hydrogens (primary N) is 1. The van der Waals surface area contributed by atoms with Crippen LogP contribution in [0.1, 0.15) is 49.0 Å². The van der Waals surface area contributed by atoms with Crippen LogP contribution in [-0.2, 0) is 11.3 Å². The fourth-order valence-corrected chi connectivity index (χ4v) is 2.67. The van der Waals surface area contributed by atoms with Gasteiger partial charge in [-0.1, -0.05) is 25.7 Å². The second kappa shape index (κ2) is 5.89. The standard InChI is InChI=1S/C13H21N3O2/c1-18-13(17)11-12(14)16(9-15-11)8-4-7-10-5-2-3-6-10/h9-10H,2-8,14H2,1H3. The molecule has 1 fully saturated rings. The van der Waals surface area contributed by atoms with Crippen molar-refractivity contribution in [2.75, 3.05) is 12.8 Å². The lowest BCUT2D eigenvalue weighted by molar-refractivity contribution is 0.0596. The molecule has 1 aliphatic carbocycles. The fourth-order valence-electron chi connectivity index (χ4n) is 2.67. The van der Waals surface area contributed by atoms with Crippen molar-refractivity contribution in [1.29, 1.82) is 0 Å². The molecule has 1 aliphatic rings. The smallest absolute Gasteiger partial charge is 0.360 e. The number of aromatic nitrogens is 2. The van der Waals surface area contributed by atoms with E-state index in [1.165, 1.54) is 39.2 Å². The van der Waals surface area contributed by atoms with E-state index in [9.17, 15) is 4.79 Å². The maximum absolute atomic E-state index is 11.4. The van der Waals surface area contributed by atoms with Crippen LogP contribution in [0.15, 0.2) is 6.33 Å². The third kappa shape index (κ3) is 2.83. The highest BCUT2D eigenvalue weighted by Gasteiger charge is 2.17. The number of rotatable bonds is 5. The highest BCUT2D eigenvalue weighted by Crippen LogP contribution is 2.28. The SMILES string of the molecule is COC(=O)c1ncn(CCCC2CCCC2)c1N. The monoisotopic (exact) mass is 251 g/mol. The molecular formula is C13H21N3O2. The molecule has 1 heterocycles. The average Bonchev–Trinajstić information content (AvgIpc) is 3.00. The lowest BCUT2D eigenvalue weighted by atomic mass is 10.0. The van der Waals surface area contributed by atoms with Gasteiger partial charge in [0, 0.05) is 6.54 Å². The van der Waals surface area contributed by atoms with Crippen molar-refractivity contribution >= 4 is 11.8 Å². The summed E-state index contributed by atoms with van der Waals surface area (Å²) in [5.74, 6) is 0.824. The second-order valence-electron chi connectivity index (χ2n) is 4.96. The Kier molecular flexibility index (Phi) is 4.23. The predicted octanol–water partition coefficient (Wildman–Crippen LogP) is 2.22. The van der Waals surface area contributed by atoms with Crippen LogP contribution in [0.4, 0.5) is 5.82 Å². The highest BCUT2D eigenvalue weighted by atomic mass is 16.5. The van der Waals surface area contributed by atoms with Gasteiger partial charge in [0.1, 0.15) is 5.82 Å². The maximum Gasteiger partial charge on any atom is 0.360 e. The Balaban J connectivity index is 1.85. The van der Waals surface area contributed by atoms with Gasteiger partial charge in [0.05, 0.1) is 13.4 Å². The van der Waals surface area contributed by atoms with Gasteiger partial charge in [0.2, 0.25) is 0 Å². The summed E-state index contributed by atoms with van der Waals surface area (Å²) in [4.78, 5) is 15.4. The highest BCUT2D eigenvalue weighted by molar-refractivity contribution is 5.91. The first kappa shape index (κ1) is 12.9. The van der Waals surface area contributed by atoms with Gasteiger partial charge in [0.15, 0.2) is 5.69 Å². The van der Waals surface area contributed by atoms with E-state index in [4.69, 9.17) is 5.73 Å². The van der Waals surface area contributed by atoms with E-state index in [1.54, 1.807) is 6.33 Å². The summed E-state index contributed by atoms with van der Waals surface area (Å²) in [5, 5.41) is 0. The fraction of sp³-hybridized carbons (Fsp3) is 0.692. The summed E-state index contributed by atoms with van der Waals surface area (Å²) < 4.78 is 6.46. The van der Waals surface area contributed by atoms with Crippen LogP contribution in [0.3, 0.4) is 0 Å². The van der Waals surface area contributed by atoms with E-state index in [1.807, 2.05) is 4.57 Å². The van der Waals surface area contributed by atoms with Gasteiger partial charge in [-0.15, -0.1) is 0 Å². The molecule has 1 saturated carbocycles. The molecule has 1 aromatic heterocycles. The number of esters is 1. The van der Waals surface area contributed by atoms with Gasteiger partial charge < -0.3 is 15.0 Å². The number of nitrogens with zero attached hydrogens (tertiary/aromatic N) is 2. The molecule has 2 rings (SSSR count). The summed E-state index contributed by atoms with van der Waals surface area (Å²) in [5.41, 5.74) is 6.09. The van der Waals surface area contributed by atoms with Crippen molar-refractivity contribution in [2.45, 2.75) is 45.1 Å². The van der Waals surface area contributed by atoms with E-state index < -0.39 is 5.97 Å². The van der Waals surface area contributed by atoms with Gasteiger partial charge in [-0.2, -0.15) is 0 Å². The number of aryl methyl sites for hydroxylation is 1. The van der Waals surface area contributed by atoms with Gasteiger partial charge >= 0.3 is 5.97 Å². The molecule has 100 valence electrons. The van der Waals surface area contributed by atoms with Crippen LogP contribution >= 0.6 is 0 Å². The largest absolute Gasteiger partial charge is 0.464 e. The first-order chi connectivity index (χ1) is 8.72. The number of hydrogen-bond acceptors (Lipinski definition) is 4. The number of imidazole rings is 1. The van der Waals surface area contributed by atoms with Crippen LogP contribution in [0.5, 0.6) is 0 Å². The zero-order chi connectivity index (χ0) is 13.0. The number of methoxy groups -OCH3 is 1.